The van der Waals surface area contributed by atoms with Crippen molar-refractivity contribution in [2.24, 2.45) is 11.1 Å². The van der Waals surface area contributed by atoms with Crippen LogP contribution in [0, 0.1) is 5.41 Å². The molecule has 6 heteroatoms. The van der Waals surface area contributed by atoms with Gasteiger partial charge in [0.25, 0.3) is 0 Å². The van der Waals surface area contributed by atoms with Crippen LogP contribution in [-0.4, -0.2) is 55.6 Å². The summed E-state index contributed by atoms with van der Waals surface area (Å²) in [7, 11) is 0. The first kappa shape index (κ1) is 17.2. The van der Waals surface area contributed by atoms with Crippen LogP contribution in [0.4, 0.5) is 0 Å². The van der Waals surface area contributed by atoms with E-state index in [2.05, 4.69) is 5.32 Å². The molecule has 0 radical (unpaired) electrons. The molecule has 2 aliphatic rings. The van der Waals surface area contributed by atoms with E-state index in [1.54, 1.807) is 0 Å². The van der Waals surface area contributed by atoms with E-state index < -0.39 is 0 Å². The Bertz CT molecular complexity index is 394. The second kappa shape index (κ2) is 7.92. The van der Waals surface area contributed by atoms with E-state index in [1.807, 2.05) is 4.90 Å². The van der Waals surface area contributed by atoms with Gasteiger partial charge in [-0.2, -0.15) is 0 Å². The molecule has 126 valence electrons. The molecule has 1 atom stereocenters. The van der Waals surface area contributed by atoms with Gasteiger partial charge >= 0.3 is 0 Å². The minimum absolute atomic E-state index is 0.000763. The fraction of sp³-hybridized carbons (Fsp3) is 0.875. The van der Waals surface area contributed by atoms with Gasteiger partial charge in [0, 0.05) is 33.0 Å². The number of carbonyl (C=O) groups is 2. The molecule has 2 fully saturated rings. The van der Waals surface area contributed by atoms with Gasteiger partial charge in [0.15, 0.2) is 0 Å². The topological polar surface area (TPSA) is 84.7 Å². The summed E-state index contributed by atoms with van der Waals surface area (Å²) in [6.45, 7) is 4.26. The fourth-order valence-corrected chi connectivity index (χ4v) is 3.51. The van der Waals surface area contributed by atoms with E-state index in [9.17, 15) is 9.59 Å². The molecular weight excluding hydrogens is 282 g/mol. The molecule has 1 saturated carbocycles. The number of nitrogens with zero attached hydrogens (tertiary/aromatic N) is 1. The van der Waals surface area contributed by atoms with Gasteiger partial charge in [0.05, 0.1) is 12.7 Å². The van der Waals surface area contributed by atoms with Crippen LogP contribution in [0.15, 0.2) is 0 Å². The van der Waals surface area contributed by atoms with Crippen LogP contribution >= 0.6 is 0 Å². The van der Waals surface area contributed by atoms with Crippen LogP contribution in [0.1, 0.15) is 45.4 Å². The molecule has 0 aromatic heterocycles. The van der Waals surface area contributed by atoms with Crippen LogP contribution in [0.3, 0.4) is 0 Å². The molecule has 1 unspecified atom stereocenters. The minimum Gasteiger partial charge on any atom is -0.373 e. The van der Waals surface area contributed by atoms with E-state index in [0.29, 0.717) is 39.2 Å². The molecular formula is C16H29N3O3. The lowest BCUT2D eigenvalue weighted by molar-refractivity contribution is -0.141. The van der Waals surface area contributed by atoms with Crippen molar-refractivity contribution in [2.45, 2.75) is 51.6 Å². The Morgan fingerprint density at radius 2 is 2.05 bits per heavy atom. The van der Waals surface area contributed by atoms with Crippen molar-refractivity contribution in [2.75, 3.05) is 32.8 Å². The zero-order valence-electron chi connectivity index (χ0n) is 13.6. The van der Waals surface area contributed by atoms with E-state index in [0.717, 1.165) is 12.8 Å². The van der Waals surface area contributed by atoms with Crippen molar-refractivity contribution in [3.8, 4) is 0 Å². The van der Waals surface area contributed by atoms with Gasteiger partial charge in [0.1, 0.15) is 0 Å². The molecule has 0 bridgehead atoms. The molecule has 2 amide bonds. The number of hydrogen-bond donors (Lipinski definition) is 2. The van der Waals surface area contributed by atoms with Gasteiger partial charge in [0.2, 0.25) is 11.8 Å². The summed E-state index contributed by atoms with van der Waals surface area (Å²) in [4.78, 5) is 25.5. The first-order chi connectivity index (χ1) is 10.5. The summed E-state index contributed by atoms with van der Waals surface area (Å²) in [6, 6.07) is 0. The summed E-state index contributed by atoms with van der Waals surface area (Å²) < 4.78 is 5.62. The van der Waals surface area contributed by atoms with Crippen LogP contribution in [0.5, 0.6) is 0 Å². The Morgan fingerprint density at radius 1 is 1.32 bits per heavy atom. The van der Waals surface area contributed by atoms with Crippen molar-refractivity contribution in [3.05, 3.63) is 0 Å². The van der Waals surface area contributed by atoms with Crippen molar-refractivity contribution < 1.29 is 14.3 Å². The number of ether oxygens (including phenoxy) is 1. The lowest BCUT2D eigenvalue weighted by Gasteiger charge is -2.39. The Labute approximate surface area is 132 Å². The van der Waals surface area contributed by atoms with Crippen LogP contribution < -0.4 is 11.1 Å². The number of carbonyl (C=O) groups excluding carboxylic acids is 2. The number of amides is 2. The maximum atomic E-state index is 12.6. The third-order valence-electron chi connectivity index (χ3n) is 4.94. The van der Waals surface area contributed by atoms with Crippen molar-refractivity contribution >= 4 is 11.8 Å². The number of nitrogens with two attached hydrogens (primary N) is 1. The van der Waals surface area contributed by atoms with E-state index in [1.165, 1.54) is 26.2 Å². The van der Waals surface area contributed by atoms with Gasteiger partial charge in [-0.3, -0.25) is 9.59 Å². The van der Waals surface area contributed by atoms with E-state index >= 15 is 0 Å². The highest BCUT2D eigenvalue weighted by Crippen LogP contribution is 2.38. The molecule has 6 nitrogen and oxygen atoms in total. The summed E-state index contributed by atoms with van der Waals surface area (Å²) >= 11 is 0. The quantitative estimate of drug-likeness (QED) is 0.781. The third-order valence-corrected chi connectivity index (χ3v) is 4.94. The molecule has 2 rings (SSSR count). The normalized spacial score (nSPS) is 24.8. The maximum absolute atomic E-state index is 12.6. The zero-order valence-corrected chi connectivity index (χ0v) is 13.6. The number of rotatable bonds is 5. The Morgan fingerprint density at radius 3 is 2.68 bits per heavy atom. The lowest BCUT2D eigenvalue weighted by Crippen LogP contribution is -2.51. The molecule has 1 aliphatic carbocycles. The van der Waals surface area contributed by atoms with Crippen molar-refractivity contribution in [1.82, 2.24) is 10.2 Å². The second-order valence-corrected chi connectivity index (χ2v) is 6.71. The zero-order chi connectivity index (χ0) is 16.0. The number of nitrogens with one attached hydrogen (secondary N) is 1. The smallest absolute Gasteiger partial charge is 0.223 e. The monoisotopic (exact) mass is 311 g/mol. The highest BCUT2D eigenvalue weighted by Gasteiger charge is 2.35. The van der Waals surface area contributed by atoms with E-state index in [4.69, 9.17) is 10.5 Å². The molecule has 0 spiro atoms. The number of hydrogen-bond acceptors (Lipinski definition) is 4. The van der Waals surface area contributed by atoms with Gasteiger partial charge in [-0.25, -0.2) is 0 Å². The fourth-order valence-electron chi connectivity index (χ4n) is 3.51. The van der Waals surface area contributed by atoms with Gasteiger partial charge < -0.3 is 20.7 Å². The highest BCUT2D eigenvalue weighted by molar-refractivity contribution is 5.77. The largest absolute Gasteiger partial charge is 0.373 e. The second-order valence-electron chi connectivity index (χ2n) is 6.71. The molecule has 3 N–H and O–H groups in total. The summed E-state index contributed by atoms with van der Waals surface area (Å²) in [5.74, 6) is 0.111. The Kier molecular flexibility index (Phi) is 6.20. The van der Waals surface area contributed by atoms with Gasteiger partial charge in [-0.1, -0.05) is 19.3 Å². The van der Waals surface area contributed by atoms with E-state index in [-0.39, 0.29) is 23.3 Å². The van der Waals surface area contributed by atoms with Crippen LogP contribution in [0.2, 0.25) is 0 Å². The highest BCUT2D eigenvalue weighted by atomic mass is 16.5. The molecule has 0 aromatic carbocycles. The average Bonchev–Trinajstić information content (AvgIpc) is 2.54. The minimum atomic E-state index is -0.109. The molecule has 1 saturated heterocycles. The molecule has 0 aromatic rings. The van der Waals surface area contributed by atoms with Gasteiger partial charge in [-0.15, -0.1) is 0 Å². The Balaban J connectivity index is 1.86. The standard InChI is InChI=1S/C16H29N3O3/c1-13(20)18-10-14-11-19(7-8-22-14)15(21)9-16(12-17)5-3-2-4-6-16/h14H,2-12,17H2,1H3,(H,18,20). The Hall–Kier alpha value is -1.14. The molecule has 22 heavy (non-hydrogen) atoms. The van der Waals surface area contributed by atoms with Gasteiger partial charge in [-0.05, 0) is 24.8 Å². The molecule has 1 heterocycles. The van der Waals surface area contributed by atoms with Crippen molar-refractivity contribution in [1.29, 1.82) is 0 Å². The molecule has 1 aliphatic heterocycles. The third kappa shape index (κ3) is 4.68. The lowest BCUT2D eigenvalue weighted by atomic mass is 9.71. The average molecular weight is 311 g/mol. The summed E-state index contributed by atoms with van der Waals surface area (Å²) in [5, 5.41) is 2.75. The number of morpholine rings is 1. The van der Waals surface area contributed by atoms with Crippen molar-refractivity contribution in [3.63, 3.8) is 0 Å². The van der Waals surface area contributed by atoms with Crippen LogP contribution in [-0.2, 0) is 14.3 Å². The van der Waals surface area contributed by atoms with Crippen LogP contribution in [0.25, 0.3) is 0 Å². The first-order valence-corrected chi connectivity index (χ1v) is 8.38. The predicted octanol–water partition coefficient (Wildman–Crippen LogP) is 0.649. The first-order valence-electron chi connectivity index (χ1n) is 8.38. The predicted molar refractivity (Wildman–Crippen MR) is 84.2 cm³/mol. The SMILES string of the molecule is CC(=O)NCC1CN(C(=O)CC2(CN)CCCCC2)CCO1. The summed E-state index contributed by atoms with van der Waals surface area (Å²) in [5.41, 5.74) is 5.98. The maximum Gasteiger partial charge on any atom is 0.223 e. The summed E-state index contributed by atoms with van der Waals surface area (Å²) in [6.07, 6.45) is 6.19.